The minimum atomic E-state index is 0.676. The molecule has 4 aliphatic rings. The molecular weight excluding hydrogens is 242 g/mol. The van der Waals surface area contributed by atoms with E-state index in [0.29, 0.717) is 5.41 Å². The van der Waals surface area contributed by atoms with Crippen LogP contribution in [-0.2, 0) is 0 Å². The fraction of sp³-hybridized carbons (Fsp3) is 0.895. The summed E-state index contributed by atoms with van der Waals surface area (Å²) in [6.07, 6.45) is 16.5. The van der Waals surface area contributed by atoms with Crippen LogP contribution in [0.15, 0.2) is 12.7 Å². The Balaban J connectivity index is 1.45. The predicted octanol–water partition coefficient (Wildman–Crippen LogP) is 4.93. The van der Waals surface area contributed by atoms with E-state index in [1.165, 1.54) is 51.5 Å². The molecule has 4 rings (SSSR count). The van der Waals surface area contributed by atoms with Gasteiger partial charge in [0.15, 0.2) is 0 Å². The fourth-order valence-electron chi connectivity index (χ4n) is 5.83. The van der Waals surface area contributed by atoms with Crippen molar-refractivity contribution in [2.24, 2.45) is 23.2 Å². The van der Waals surface area contributed by atoms with E-state index in [1.807, 2.05) is 6.08 Å². The van der Waals surface area contributed by atoms with Gasteiger partial charge in [0, 0.05) is 6.04 Å². The topological polar surface area (TPSA) is 12.0 Å². The summed E-state index contributed by atoms with van der Waals surface area (Å²) < 4.78 is 0. The first-order chi connectivity index (χ1) is 9.72. The molecule has 0 aromatic rings. The largest absolute Gasteiger partial charge is 0.314 e. The lowest BCUT2D eigenvalue weighted by atomic mass is 9.48. The first-order valence-electron chi connectivity index (χ1n) is 9.06. The lowest BCUT2D eigenvalue weighted by molar-refractivity contribution is -0.0703. The Bertz CT molecular complexity index is 297. The van der Waals surface area contributed by atoms with Gasteiger partial charge in [0.2, 0.25) is 0 Å². The molecular formula is C19H33N. The highest BCUT2D eigenvalue weighted by atomic mass is 14.9. The third-order valence-corrected chi connectivity index (χ3v) is 6.54. The summed E-state index contributed by atoms with van der Waals surface area (Å²) in [5, 5.41) is 3.89. The number of nitrogens with one attached hydrogen (secondary N) is 1. The Morgan fingerprint density at radius 1 is 1.05 bits per heavy atom. The van der Waals surface area contributed by atoms with E-state index in [2.05, 4.69) is 18.8 Å². The quantitative estimate of drug-likeness (QED) is 0.489. The monoisotopic (exact) mass is 275 g/mol. The maximum absolute atomic E-state index is 3.89. The predicted molar refractivity (Wildman–Crippen MR) is 86.7 cm³/mol. The van der Waals surface area contributed by atoms with Gasteiger partial charge in [-0.1, -0.05) is 12.5 Å². The lowest BCUT2D eigenvalue weighted by Crippen LogP contribution is -2.54. The second-order valence-electron chi connectivity index (χ2n) is 8.09. The van der Waals surface area contributed by atoms with Crippen molar-refractivity contribution in [3.63, 3.8) is 0 Å². The Kier molecular flexibility index (Phi) is 4.55. The maximum atomic E-state index is 3.89. The molecule has 0 aromatic heterocycles. The molecule has 0 heterocycles. The summed E-state index contributed by atoms with van der Waals surface area (Å²) in [6.45, 7) is 7.50. The lowest BCUT2D eigenvalue weighted by Gasteiger charge is -2.59. The summed E-state index contributed by atoms with van der Waals surface area (Å²) in [4.78, 5) is 0. The van der Waals surface area contributed by atoms with Gasteiger partial charge in [0.25, 0.3) is 0 Å². The highest BCUT2D eigenvalue weighted by molar-refractivity contribution is 5.05. The van der Waals surface area contributed by atoms with Crippen molar-refractivity contribution in [2.75, 3.05) is 6.54 Å². The number of hydrogen-bond acceptors (Lipinski definition) is 1. The average molecular weight is 275 g/mol. The number of unbranched alkanes of at least 4 members (excludes halogenated alkanes) is 3. The fourth-order valence-corrected chi connectivity index (χ4v) is 5.83. The van der Waals surface area contributed by atoms with Gasteiger partial charge in [0.1, 0.15) is 0 Å². The van der Waals surface area contributed by atoms with Crippen molar-refractivity contribution in [3.05, 3.63) is 12.7 Å². The molecule has 20 heavy (non-hydrogen) atoms. The van der Waals surface area contributed by atoms with E-state index in [1.54, 1.807) is 19.3 Å². The van der Waals surface area contributed by atoms with Gasteiger partial charge in [-0.2, -0.15) is 0 Å². The van der Waals surface area contributed by atoms with Crippen molar-refractivity contribution >= 4 is 0 Å². The van der Waals surface area contributed by atoms with Crippen LogP contribution in [0.3, 0.4) is 0 Å². The van der Waals surface area contributed by atoms with Crippen LogP contribution in [0.5, 0.6) is 0 Å². The molecule has 0 aromatic carbocycles. The van der Waals surface area contributed by atoms with E-state index in [4.69, 9.17) is 0 Å². The minimum Gasteiger partial charge on any atom is -0.314 e. The second-order valence-corrected chi connectivity index (χ2v) is 8.09. The van der Waals surface area contributed by atoms with Gasteiger partial charge in [-0.3, -0.25) is 0 Å². The molecule has 0 amide bonds. The maximum Gasteiger partial charge on any atom is 0.00954 e. The van der Waals surface area contributed by atoms with Crippen LogP contribution in [0.1, 0.15) is 71.1 Å². The summed E-state index contributed by atoms with van der Waals surface area (Å²) in [5.41, 5.74) is 0.676. The molecule has 4 fully saturated rings. The first kappa shape index (κ1) is 14.6. The molecule has 1 heteroatoms. The summed E-state index contributed by atoms with van der Waals surface area (Å²) >= 11 is 0. The molecule has 4 aliphatic carbocycles. The Hall–Kier alpha value is -0.300. The van der Waals surface area contributed by atoms with Crippen LogP contribution in [0, 0.1) is 23.2 Å². The van der Waals surface area contributed by atoms with Crippen LogP contribution < -0.4 is 5.32 Å². The highest BCUT2D eigenvalue weighted by Crippen LogP contribution is 2.61. The van der Waals surface area contributed by atoms with E-state index in [-0.39, 0.29) is 0 Å². The molecule has 0 spiro atoms. The molecule has 1 nitrogen and oxygen atoms in total. The van der Waals surface area contributed by atoms with E-state index >= 15 is 0 Å². The van der Waals surface area contributed by atoms with Crippen LogP contribution in [0.4, 0.5) is 0 Å². The zero-order valence-electron chi connectivity index (χ0n) is 13.4. The van der Waals surface area contributed by atoms with Crippen LogP contribution in [-0.4, -0.2) is 12.6 Å². The van der Waals surface area contributed by atoms with Gasteiger partial charge in [-0.05, 0) is 94.4 Å². The second kappa shape index (κ2) is 6.22. The Labute approximate surface area is 125 Å². The summed E-state index contributed by atoms with van der Waals surface area (Å²) in [7, 11) is 0. The molecule has 0 aliphatic heterocycles. The van der Waals surface area contributed by atoms with E-state index < -0.39 is 0 Å². The minimum absolute atomic E-state index is 0.676. The average Bonchev–Trinajstić information content (AvgIpc) is 2.41. The van der Waals surface area contributed by atoms with Crippen molar-refractivity contribution in [1.29, 1.82) is 0 Å². The highest BCUT2D eigenvalue weighted by Gasteiger charge is 2.52. The first-order valence-corrected chi connectivity index (χ1v) is 9.06. The molecule has 0 radical (unpaired) electrons. The molecule has 0 saturated heterocycles. The molecule has 1 N–H and O–H groups in total. The van der Waals surface area contributed by atoms with Gasteiger partial charge < -0.3 is 5.32 Å². The van der Waals surface area contributed by atoms with Gasteiger partial charge in [-0.15, -0.1) is 6.58 Å². The third kappa shape index (κ3) is 2.98. The standard InChI is InChI=1S/C19H33N/c1-3-4-5-6-7-8-20-15(2)19-12-16-9-17(13-19)11-18(10-16)14-19/h3,15-18,20H,1,4-14H2,2H3. The summed E-state index contributed by atoms with van der Waals surface area (Å²) in [5.74, 6) is 3.24. The van der Waals surface area contributed by atoms with Crippen LogP contribution >= 0.6 is 0 Å². The van der Waals surface area contributed by atoms with Crippen LogP contribution in [0.2, 0.25) is 0 Å². The van der Waals surface area contributed by atoms with Gasteiger partial charge in [-0.25, -0.2) is 0 Å². The zero-order chi connectivity index (χ0) is 14.0. The van der Waals surface area contributed by atoms with Crippen molar-refractivity contribution in [2.45, 2.75) is 77.2 Å². The van der Waals surface area contributed by atoms with E-state index in [0.717, 1.165) is 23.8 Å². The Morgan fingerprint density at radius 3 is 2.20 bits per heavy atom. The van der Waals surface area contributed by atoms with Crippen LogP contribution in [0.25, 0.3) is 0 Å². The van der Waals surface area contributed by atoms with E-state index in [9.17, 15) is 0 Å². The van der Waals surface area contributed by atoms with Crippen molar-refractivity contribution in [1.82, 2.24) is 5.32 Å². The molecule has 1 unspecified atom stereocenters. The Morgan fingerprint density at radius 2 is 1.65 bits per heavy atom. The van der Waals surface area contributed by atoms with Gasteiger partial charge >= 0.3 is 0 Å². The molecule has 114 valence electrons. The van der Waals surface area contributed by atoms with Crippen molar-refractivity contribution in [3.8, 4) is 0 Å². The van der Waals surface area contributed by atoms with Crippen molar-refractivity contribution < 1.29 is 0 Å². The summed E-state index contributed by atoms with van der Waals surface area (Å²) in [6, 6.07) is 0.746. The van der Waals surface area contributed by atoms with Gasteiger partial charge in [0.05, 0.1) is 0 Å². The molecule has 4 bridgehead atoms. The molecule has 1 atom stereocenters. The number of allylic oxidation sites excluding steroid dienone is 1. The zero-order valence-corrected chi connectivity index (χ0v) is 13.4. The smallest absolute Gasteiger partial charge is 0.00954 e. The normalized spacial score (nSPS) is 40.0. The third-order valence-electron chi connectivity index (χ3n) is 6.54. The number of rotatable bonds is 8. The number of hydrogen-bond donors (Lipinski definition) is 1. The molecule has 4 saturated carbocycles. The SMILES string of the molecule is C=CCCCCCNC(C)C12CC3CC(CC(C3)C1)C2.